The van der Waals surface area contributed by atoms with Crippen LogP contribution in [0.15, 0.2) is 77.6 Å². The van der Waals surface area contributed by atoms with Gasteiger partial charge in [-0.05, 0) is 53.4 Å². The Kier molecular flexibility index (Phi) is 4.96. The summed E-state index contributed by atoms with van der Waals surface area (Å²) < 4.78 is 11.9. The number of nitrogens with zero attached hydrogens (tertiary/aromatic N) is 1. The maximum atomic E-state index is 13.2. The highest BCUT2D eigenvalue weighted by molar-refractivity contribution is 6.02. The molecule has 0 bridgehead atoms. The third kappa shape index (κ3) is 3.21. The molecule has 0 saturated heterocycles. The van der Waals surface area contributed by atoms with Gasteiger partial charge in [-0.15, -0.1) is 4.73 Å². The molecule has 0 unspecified atom stereocenters. The number of hydrogen-bond acceptors (Lipinski definition) is 4. The molecule has 146 valence electrons. The fourth-order valence-corrected chi connectivity index (χ4v) is 3.56. The third-order valence-corrected chi connectivity index (χ3v) is 4.98. The van der Waals surface area contributed by atoms with E-state index < -0.39 is 0 Å². The summed E-state index contributed by atoms with van der Waals surface area (Å²) >= 11 is 0. The summed E-state index contributed by atoms with van der Waals surface area (Å²) in [6.07, 6.45) is 0. The second-order valence-corrected chi connectivity index (χ2v) is 6.51. The normalized spacial score (nSPS) is 10.7. The number of pyridine rings is 1. The maximum Gasteiger partial charge on any atom is 0.291 e. The SMILES string of the molecule is COc1ccc(-c2c(-c3ccc(OC)cc3)n(OC)c(=O)c3ccccc23)cc1. The fraction of sp³-hybridized carbons (Fsp3) is 0.125. The highest BCUT2D eigenvalue weighted by Crippen LogP contribution is 2.37. The Bertz CT molecular complexity index is 1210. The van der Waals surface area contributed by atoms with Crippen LogP contribution in [0.25, 0.3) is 33.2 Å². The van der Waals surface area contributed by atoms with E-state index in [4.69, 9.17) is 14.3 Å². The Morgan fingerprint density at radius 1 is 0.655 bits per heavy atom. The summed E-state index contributed by atoms with van der Waals surface area (Å²) in [6, 6.07) is 22.9. The first-order valence-electron chi connectivity index (χ1n) is 9.19. The molecule has 29 heavy (non-hydrogen) atoms. The fourth-order valence-electron chi connectivity index (χ4n) is 3.56. The van der Waals surface area contributed by atoms with E-state index in [-0.39, 0.29) is 5.56 Å². The van der Waals surface area contributed by atoms with E-state index in [9.17, 15) is 4.79 Å². The first-order chi connectivity index (χ1) is 14.2. The summed E-state index contributed by atoms with van der Waals surface area (Å²) in [5.74, 6) is 1.51. The van der Waals surface area contributed by atoms with Gasteiger partial charge in [0.25, 0.3) is 5.56 Å². The van der Waals surface area contributed by atoms with E-state index in [0.29, 0.717) is 11.1 Å². The Morgan fingerprint density at radius 3 is 1.69 bits per heavy atom. The molecule has 5 heteroatoms. The molecule has 4 rings (SSSR count). The quantitative estimate of drug-likeness (QED) is 0.509. The van der Waals surface area contributed by atoms with Crippen molar-refractivity contribution in [2.75, 3.05) is 21.3 Å². The largest absolute Gasteiger partial charge is 0.497 e. The Balaban J connectivity index is 2.12. The zero-order valence-electron chi connectivity index (χ0n) is 16.5. The van der Waals surface area contributed by atoms with Crippen LogP contribution in [-0.2, 0) is 0 Å². The molecule has 0 aliphatic carbocycles. The topological polar surface area (TPSA) is 49.7 Å². The molecule has 0 aliphatic heterocycles. The van der Waals surface area contributed by atoms with E-state index in [0.717, 1.165) is 33.6 Å². The minimum absolute atomic E-state index is 0.203. The zero-order chi connectivity index (χ0) is 20.4. The Labute approximate surface area is 168 Å². The third-order valence-electron chi connectivity index (χ3n) is 4.98. The van der Waals surface area contributed by atoms with Crippen molar-refractivity contribution in [1.29, 1.82) is 0 Å². The second kappa shape index (κ2) is 7.72. The minimum atomic E-state index is -0.203. The molecule has 1 heterocycles. The Morgan fingerprint density at radius 2 is 1.17 bits per heavy atom. The van der Waals surface area contributed by atoms with Crippen molar-refractivity contribution < 1.29 is 14.3 Å². The van der Waals surface area contributed by atoms with Crippen molar-refractivity contribution in [1.82, 2.24) is 4.73 Å². The van der Waals surface area contributed by atoms with Crippen molar-refractivity contribution in [2.45, 2.75) is 0 Å². The lowest BCUT2D eigenvalue weighted by atomic mass is 9.94. The highest BCUT2D eigenvalue weighted by Gasteiger charge is 2.20. The van der Waals surface area contributed by atoms with Gasteiger partial charge in [-0.3, -0.25) is 4.79 Å². The first kappa shape index (κ1) is 18.6. The smallest absolute Gasteiger partial charge is 0.291 e. The van der Waals surface area contributed by atoms with Gasteiger partial charge >= 0.3 is 0 Å². The summed E-state index contributed by atoms with van der Waals surface area (Å²) in [4.78, 5) is 18.7. The van der Waals surface area contributed by atoms with Gasteiger partial charge in [-0.1, -0.05) is 30.3 Å². The lowest BCUT2D eigenvalue weighted by Gasteiger charge is -2.19. The van der Waals surface area contributed by atoms with Gasteiger partial charge in [0.05, 0.1) is 25.3 Å². The van der Waals surface area contributed by atoms with Crippen molar-refractivity contribution in [2.24, 2.45) is 0 Å². The van der Waals surface area contributed by atoms with Gasteiger partial charge in [0.2, 0.25) is 0 Å². The van der Waals surface area contributed by atoms with E-state index in [2.05, 4.69) is 0 Å². The molecule has 1 aromatic heterocycles. The second-order valence-electron chi connectivity index (χ2n) is 6.51. The molecule has 0 atom stereocenters. The molecule has 4 aromatic rings. The molecule has 0 aliphatic rings. The van der Waals surface area contributed by atoms with Crippen LogP contribution in [-0.4, -0.2) is 26.1 Å². The standard InChI is InChI=1S/C24H21NO4/c1-27-18-12-8-16(9-13-18)22-20-6-4-5-7-21(20)24(26)25(29-3)23(22)17-10-14-19(28-2)15-11-17/h4-15H,1-3H3. The summed E-state index contributed by atoms with van der Waals surface area (Å²) in [5.41, 5.74) is 3.20. The van der Waals surface area contributed by atoms with E-state index in [1.165, 1.54) is 11.8 Å². The van der Waals surface area contributed by atoms with Crippen LogP contribution in [0.4, 0.5) is 0 Å². The first-order valence-corrected chi connectivity index (χ1v) is 9.19. The summed E-state index contributed by atoms with van der Waals surface area (Å²) in [5, 5.41) is 1.46. The lowest BCUT2D eigenvalue weighted by molar-refractivity contribution is 0.163. The molecule has 0 radical (unpaired) electrons. The number of ether oxygens (including phenoxy) is 2. The van der Waals surface area contributed by atoms with Gasteiger partial charge in [-0.2, -0.15) is 0 Å². The van der Waals surface area contributed by atoms with Gasteiger partial charge in [0.15, 0.2) is 0 Å². The number of aromatic nitrogens is 1. The van der Waals surface area contributed by atoms with Gasteiger partial charge in [-0.25, -0.2) is 0 Å². The van der Waals surface area contributed by atoms with Crippen LogP contribution >= 0.6 is 0 Å². The maximum absolute atomic E-state index is 13.2. The van der Waals surface area contributed by atoms with E-state index in [1.807, 2.05) is 72.8 Å². The van der Waals surface area contributed by atoms with Crippen LogP contribution in [0.1, 0.15) is 0 Å². The molecule has 0 N–H and O–H groups in total. The number of fused-ring (bicyclic) bond motifs is 1. The predicted molar refractivity (Wildman–Crippen MR) is 115 cm³/mol. The molecule has 0 spiro atoms. The minimum Gasteiger partial charge on any atom is -0.497 e. The average molecular weight is 387 g/mol. The van der Waals surface area contributed by atoms with E-state index >= 15 is 0 Å². The van der Waals surface area contributed by atoms with Crippen LogP contribution in [0.3, 0.4) is 0 Å². The molecule has 0 amide bonds. The predicted octanol–water partition coefficient (Wildman–Crippen LogP) is 4.41. The molecule has 0 fully saturated rings. The number of hydrogen-bond donors (Lipinski definition) is 0. The Hall–Kier alpha value is -3.73. The van der Waals surface area contributed by atoms with Gasteiger partial charge in [0.1, 0.15) is 18.6 Å². The molecular weight excluding hydrogens is 366 g/mol. The number of rotatable bonds is 5. The van der Waals surface area contributed by atoms with Crippen LogP contribution in [0.2, 0.25) is 0 Å². The molecule has 0 saturated carbocycles. The van der Waals surface area contributed by atoms with Crippen molar-refractivity contribution in [3.8, 4) is 33.9 Å². The van der Waals surface area contributed by atoms with Crippen LogP contribution in [0, 0.1) is 0 Å². The molecule has 3 aromatic carbocycles. The highest BCUT2D eigenvalue weighted by atomic mass is 16.6. The monoisotopic (exact) mass is 387 g/mol. The van der Waals surface area contributed by atoms with Crippen LogP contribution < -0.4 is 19.9 Å². The summed E-state index contributed by atoms with van der Waals surface area (Å²) in [7, 11) is 4.76. The molecular formula is C24H21NO4. The summed E-state index contributed by atoms with van der Waals surface area (Å²) in [6.45, 7) is 0. The van der Waals surface area contributed by atoms with Crippen molar-refractivity contribution >= 4 is 10.8 Å². The van der Waals surface area contributed by atoms with Crippen molar-refractivity contribution in [3.63, 3.8) is 0 Å². The van der Waals surface area contributed by atoms with Gasteiger partial charge < -0.3 is 14.3 Å². The van der Waals surface area contributed by atoms with Crippen LogP contribution in [0.5, 0.6) is 11.5 Å². The number of methoxy groups -OCH3 is 2. The lowest BCUT2D eigenvalue weighted by Crippen LogP contribution is -2.27. The number of benzene rings is 3. The zero-order valence-corrected chi connectivity index (χ0v) is 16.5. The van der Waals surface area contributed by atoms with Gasteiger partial charge in [0, 0.05) is 11.1 Å². The molecule has 5 nitrogen and oxygen atoms in total. The average Bonchev–Trinajstić information content (AvgIpc) is 2.79. The van der Waals surface area contributed by atoms with E-state index in [1.54, 1.807) is 14.2 Å². The van der Waals surface area contributed by atoms with Crippen molar-refractivity contribution in [3.05, 3.63) is 83.2 Å².